The van der Waals surface area contributed by atoms with Gasteiger partial charge in [-0.2, -0.15) is 15.4 Å². The molecule has 0 aliphatic carbocycles. The van der Waals surface area contributed by atoms with Gasteiger partial charge in [0.1, 0.15) is 11.0 Å². The molecule has 0 spiro atoms. The molecule has 0 bridgehead atoms. The SMILES string of the molecule is CN(C)Cc1ccc2n[nH]nc2c1.Cl. The fourth-order valence-electron chi connectivity index (χ4n) is 1.35. The minimum Gasteiger partial charge on any atom is -0.305 e. The molecule has 0 radical (unpaired) electrons. The molecular weight excluding hydrogens is 200 g/mol. The molecule has 0 unspecified atom stereocenters. The van der Waals surface area contributed by atoms with Crippen LogP contribution in [0.4, 0.5) is 0 Å². The number of aromatic amines is 1. The molecule has 76 valence electrons. The highest BCUT2D eigenvalue weighted by atomic mass is 35.5. The van der Waals surface area contributed by atoms with Gasteiger partial charge in [0, 0.05) is 6.54 Å². The van der Waals surface area contributed by atoms with Crippen molar-refractivity contribution in [2.45, 2.75) is 6.54 Å². The number of fused-ring (bicyclic) bond motifs is 1. The van der Waals surface area contributed by atoms with Gasteiger partial charge in [-0.3, -0.25) is 0 Å². The van der Waals surface area contributed by atoms with Crippen molar-refractivity contribution in [2.75, 3.05) is 14.1 Å². The first kappa shape index (κ1) is 10.9. The zero-order valence-corrected chi connectivity index (χ0v) is 9.01. The van der Waals surface area contributed by atoms with E-state index in [2.05, 4.69) is 32.4 Å². The average molecular weight is 213 g/mol. The maximum absolute atomic E-state index is 4.03. The molecule has 1 heterocycles. The Morgan fingerprint density at radius 1 is 1.21 bits per heavy atom. The molecule has 0 aliphatic heterocycles. The Labute approximate surface area is 88.7 Å². The fraction of sp³-hybridized carbons (Fsp3) is 0.333. The monoisotopic (exact) mass is 212 g/mol. The van der Waals surface area contributed by atoms with Crippen LogP contribution in [0.5, 0.6) is 0 Å². The van der Waals surface area contributed by atoms with Crippen LogP contribution in [0.2, 0.25) is 0 Å². The molecule has 2 aromatic rings. The second kappa shape index (κ2) is 4.39. The number of H-pyrrole nitrogens is 1. The quantitative estimate of drug-likeness (QED) is 0.820. The summed E-state index contributed by atoms with van der Waals surface area (Å²) < 4.78 is 0. The van der Waals surface area contributed by atoms with E-state index in [1.54, 1.807) is 0 Å². The van der Waals surface area contributed by atoms with Crippen molar-refractivity contribution in [3.63, 3.8) is 0 Å². The van der Waals surface area contributed by atoms with Crippen molar-refractivity contribution in [1.29, 1.82) is 0 Å². The first-order chi connectivity index (χ1) is 6.25. The Hall–Kier alpha value is -1.13. The van der Waals surface area contributed by atoms with Crippen LogP contribution >= 0.6 is 12.4 Å². The molecule has 0 aliphatic rings. The fourth-order valence-corrected chi connectivity index (χ4v) is 1.35. The predicted molar refractivity (Wildman–Crippen MR) is 58.5 cm³/mol. The van der Waals surface area contributed by atoms with E-state index in [9.17, 15) is 0 Å². The predicted octanol–water partition coefficient (Wildman–Crippen LogP) is 1.44. The van der Waals surface area contributed by atoms with Crippen molar-refractivity contribution in [2.24, 2.45) is 0 Å². The van der Waals surface area contributed by atoms with Gasteiger partial charge in [-0.25, -0.2) is 0 Å². The molecule has 0 saturated carbocycles. The normalized spacial score (nSPS) is 10.5. The highest BCUT2D eigenvalue weighted by Gasteiger charge is 2.00. The maximum Gasteiger partial charge on any atom is 0.113 e. The van der Waals surface area contributed by atoms with Crippen molar-refractivity contribution in [3.05, 3.63) is 23.8 Å². The average Bonchev–Trinajstić information content (AvgIpc) is 2.49. The zero-order chi connectivity index (χ0) is 9.26. The Kier molecular flexibility index (Phi) is 3.43. The van der Waals surface area contributed by atoms with Gasteiger partial charge in [0.05, 0.1) is 0 Å². The third kappa shape index (κ3) is 2.21. The summed E-state index contributed by atoms with van der Waals surface area (Å²) in [4.78, 5) is 2.13. The van der Waals surface area contributed by atoms with Crippen molar-refractivity contribution < 1.29 is 0 Å². The number of aromatic nitrogens is 3. The smallest absolute Gasteiger partial charge is 0.113 e. The van der Waals surface area contributed by atoms with Crippen molar-refractivity contribution in [1.82, 2.24) is 20.3 Å². The Balaban J connectivity index is 0.000000980. The van der Waals surface area contributed by atoms with E-state index in [0.29, 0.717) is 0 Å². The first-order valence-electron chi connectivity index (χ1n) is 4.20. The lowest BCUT2D eigenvalue weighted by Crippen LogP contribution is -2.10. The second-order valence-corrected chi connectivity index (χ2v) is 3.38. The molecule has 0 atom stereocenters. The van der Waals surface area contributed by atoms with Gasteiger partial charge in [0.25, 0.3) is 0 Å². The molecular formula is C9H13ClN4. The third-order valence-electron chi connectivity index (χ3n) is 1.88. The molecule has 0 amide bonds. The van der Waals surface area contributed by atoms with Crippen LogP contribution in [0, 0.1) is 0 Å². The highest BCUT2D eigenvalue weighted by molar-refractivity contribution is 5.85. The van der Waals surface area contributed by atoms with E-state index in [-0.39, 0.29) is 12.4 Å². The van der Waals surface area contributed by atoms with E-state index in [1.165, 1.54) is 5.56 Å². The molecule has 5 heteroatoms. The summed E-state index contributed by atoms with van der Waals surface area (Å²) in [5.41, 5.74) is 3.10. The van der Waals surface area contributed by atoms with Gasteiger partial charge in [-0.05, 0) is 31.8 Å². The summed E-state index contributed by atoms with van der Waals surface area (Å²) in [6.45, 7) is 0.933. The molecule has 1 aromatic heterocycles. The van der Waals surface area contributed by atoms with E-state index in [1.807, 2.05) is 20.2 Å². The Morgan fingerprint density at radius 2 is 1.93 bits per heavy atom. The molecule has 1 aromatic carbocycles. The Morgan fingerprint density at radius 3 is 2.64 bits per heavy atom. The highest BCUT2D eigenvalue weighted by Crippen LogP contribution is 2.11. The lowest BCUT2D eigenvalue weighted by Gasteiger charge is -2.08. The molecule has 2 rings (SSSR count). The van der Waals surface area contributed by atoms with Gasteiger partial charge < -0.3 is 4.90 Å². The number of hydrogen-bond acceptors (Lipinski definition) is 3. The van der Waals surface area contributed by atoms with Gasteiger partial charge in [0.15, 0.2) is 0 Å². The summed E-state index contributed by atoms with van der Waals surface area (Å²) in [6.07, 6.45) is 0. The van der Waals surface area contributed by atoms with Crippen LogP contribution in [-0.4, -0.2) is 34.4 Å². The summed E-state index contributed by atoms with van der Waals surface area (Å²) in [5.74, 6) is 0. The number of nitrogens with zero attached hydrogens (tertiary/aromatic N) is 3. The number of benzene rings is 1. The van der Waals surface area contributed by atoms with Crippen LogP contribution in [0.3, 0.4) is 0 Å². The van der Waals surface area contributed by atoms with Crippen LogP contribution in [0.1, 0.15) is 5.56 Å². The van der Waals surface area contributed by atoms with Crippen LogP contribution in [0.25, 0.3) is 11.0 Å². The minimum absolute atomic E-state index is 0. The second-order valence-electron chi connectivity index (χ2n) is 3.38. The van der Waals surface area contributed by atoms with E-state index in [0.717, 1.165) is 17.6 Å². The topological polar surface area (TPSA) is 44.8 Å². The zero-order valence-electron chi connectivity index (χ0n) is 8.19. The summed E-state index contributed by atoms with van der Waals surface area (Å²) >= 11 is 0. The van der Waals surface area contributed by atoms with Gasteiger partial charge in [0.2, 0.25) is 0 Å². The van der Waals surface area contributed by atoms with Gasteiger partial charge in [-0.1, -0.05) is 6.07 Å². The van der Waals surface area contributed by atoms with E-state index >= 15 is 0 Å². The largest absolute Gasteiger partial charge is 0.305 e. The lowest BCUT2D eigenvalue weighted by molar-refractivity contribution is 0.402. The minimum atomic E-state index is 0. The summed E-state index contributed by atoms with van der Waals surface area (Å²) in [6, 6.07) is 6.11. The molecule has 0 fully saturated rings. The van der Waals surface area contributed by atoms with E-state index in [4.69, 9.17) is 0 Å². The number of hydrogen-bond donors (Lipinski definition) is 1. The molecule has 4 nitrogen and oxygen atoms in total. The summed E-state index contributed by atoms with van der Waals surface area (Å²) in [7, 11) is 4.10. The van der Waals surface area contributed by atoms with Crippen LogP contribution in [0.15, 0.2) is 18.2 Å². The first-order valence-corrected chi connectivity index (χ1v) is 4.20. The molecule has 14 heavy (non-hydrogen) atoms. The van der Waals surface area contributed by atoms with Gasteiger partial charge >= 0.3 is 0 Å². The van der Waals surface area contributed by atoms with E-state index < -0.39 is 0 Å². The number of nitrogens with one attached hydrogen (secondary N) is 1. The van der Waals surface area contributed by atoms with Crippen molar-refractivity contribution >= 4 is 23.4 Å². The number of halogens is 1. The van der Waals surface area contributed by atoms with Crippen LogP contribution in [-0.2, 0) is 6.54 Å². The van der Waals surface area contributed by atoms with Crippen molar-refractivity contribution in [3.8, 4) is 0 Å². The lowest BCUT2D eigenvalue weighted by atomic mass is 10.2. The third-order valence-corrected chi connectivity index (χ3v) is 1.88. The summed E-state index contributed by atoms with van der Waals surface area (Å²) in [5, 5.41) is 10.6. The molecule has 1 N–H and O–H groups in total. The molecule has 0 saturated heterocycles. The Bertz CT molecular complexity index is 410. The number of rotatable bonds is 2. The van der Waals surface area contributed by atoms with Gasteiger partial charge in [-0.15, -0.1) is 12.4 Å². The van der Waals surface area contributed by atoms with Crippen LogP contribution < -0.4 is 0 Å². The standard InChI is InChI=1S/C9H12N4.ClH/c1-13(2)6-7-3-4-8-9(5-7)11-12-10-8;/h3-5H,6H2,1-2H3,(H,10,11,12);1H. The maximum atomic E-state index is 4.03.